The Labute approximate surface area is 94.9 Å². The SMILES string of the molecule is Cc1ccc(C)c(-n2nc(C)c(N)c2N)c1. The van der Waals surface area contributed by atoms with Crippen LogP contribution in [-0.4, -0.2) is 9.78 Å². The predicted octanol–water partition coefficient (Wildman–Crippen LogP) is 1.96. The van der Waals surface area contributed by atoms with Gasteiger partial charge in [-0.15, -0.1) is 0 Å². The zero-order valence-electron chi connectivity index (χ0n) is 9.78. The number of nitrogens with two attached hydrogens (primary N) is 2. The van der Waals surface area contributed by atoms with E-state index in [0.29, 0.717) is 11.5 Å². The molecule has 0 amide bonds. The summed E-state index contributed by atoms with van der Waals surface area (Å²) in [5, 5.41) is 4.35. The molecule has 0 aliphatic rings. The van der Waals surface area contributed by atoms with Crippen molar-refractivity contribution in [2.24, 2.45) is 0 Å². The Balaban J connectivity index is 2.67. The molecule has 0 atom stereocenters. The molecule has 0 radical (unpaired) electrons. The second-order valence-electron chi connectivity index (χ2n) is 4.09. The third-order valence-corrected chi connectivity index (χ3v) is 2.74. The summed E-state index contributed by atoms with van der Waals surface area (Å²) in [5.41, 5.74) is 16.3. The van der Waals surface area contributed by atoms with Gasteiger partial charge >= 0.3 is 0 Å². The van der Waals surface area contributed by atoms with Crippen LogP contribution in [0.4, 0.5) is 11.5 Å². The smallest absolute Gasteiger partial charge is 0.150 e. The minimum absolute atomic E-state index is 0.506. The standard InChI is InChI=1S/C12H16N4/c1-7-4-5-8(2)10(6-7)16-12(14)11(13)9(3)15-16/h4-6H,13-14H2,1-3H3. The molecule has 0 fully saturated rings. The topological polar surface area (TPSA) is 69.9 Å². The van der Waals surface area contributed by atoms with Gasteiger partial charge < -0.3 is 11.5 Å². The summed E-state index contributed by atoms with van der Waals surface area (Å²) in [6.07, 6.45) is 0. The highest BCUT2D eigenvalue weighted by molar-refractivity contribution is 5.65. The highest BCUT2D eigenvalue weighted by Crippen LogP contribution is 2.24. The minimum atomic E-state index is 0.506. The van der Waals surface area contributed by atoms with Crippen LogP contribution in [0.1, 0.15) is 16.8 Å². The van der Waals surface area contributed by atoms with Gasteiger partial charge in [0, 0.05) is 0 Å². The van der Waals surface area contributed by atoms with Crippen molar-refractivity contribution in [1.82, 2.24) is 9.78 Å². The second kappa shape index (κ2) is 3.56. The summed E-state index contributed by atoms with van der Waals surface area (Å²) < 4.78 is 1.70. The number of aryl methyl sites for hydroxylation is 3. The van der Waals surface area contributed by atoms with Crippen LogP contribution in [0.2, 0.25) is 0 Å². The molecule has 4 nitrogen and oxygen atoms in total. The van der Waals surface area contributed by atoms with Gasteiger partial charge in [0.15, 0.2) is 5.82 Å². The summed E-state index contributed by atoms with van der Waals surface area (Å²) >= 11 is 0. The molecule has 0 saturated heterocycles. The quantitative estimate of drug-likeness (QED) is 0.765. The van der Waals surface area contributed by atoms with Crippen molar-refractivity contribution >= 4 is 11.5 Å². The van der Waals surface area contributed by atoms with Gasteiger partial charge in [0.1, 0.15) is 0 Å². The molecular formula is C12H16N4. The van der Waals surface area contributed by atoms with Gasteiger partial charge in [0.05, 0.1) is 17.1 Å². The number of nitrogen functional groups attached to an aromatic ring is 2. The Kier molecular flexibility index (Phi) is 2.34. The predicted molar refractivity (Wildman–Crippen MR) is 66.6 cm³/mol. The summed E-state index contributed by atoms with van der Waals surface area (Å²) in [6.45, 7) is 5.92. The first-order valence-corrected chi connectivity index (χ1v) is 5.19. The Hall–Kier alpha value is -1.97. The fraction of sp³-hybridized carbons (Fsp3) is 0.250. The normalized spacial score (nSPS) is 10.7. The number of aromatic nitrogens is 2. The molecule has 0 spiro atoms. The molecule has 0 bridgehead atoms. The van der Waals surface area contributed by atoms with Gasteiger partial charge in [-0.25, -0.2) is 4.68 Å². The maximum atomic E-state index is 5.93. The van der Waals surface area contributed by atoms with E-state index in [1.807, 2.05) is 20.8 Å². The number of nitrogens with zero attached hydrogens (tertiary/aromatic N) is 2. The number of anilines is 2. The van der Waals surface area contributed by atoms with Crippen LogP contribution in [0, 0.1) is 20.8 Å². The van der Waals surface area contributed by atoms with Crippen molar-refractivity contribution in [3.05, 3.63) is 35.0 Å². The summed E-state index contributed by atoms with van der Waals surface area (Å²) in [4.78, 5) is 0. The highest BCUT2D eigenvalue weighted by Gasteiger charge is 2.12. The first-order chi connectivity index (χ1) is 7.50. The molecule has 1 aromatic carbocycles. The Morgan fingerprint density at radius 2 is 1.81 bits per heavy atom. The first kappa shape index (κ1) is 10.5. The second-order valence-corrected chi connectivity index (χ2v) is 4.09. The molecule has 2 rings (SSSR count). The molecule has 4 N–H and O–H groups in total. The minimum Gasteiger partial charge on any atom is -0.394 e. The van der Waals surface area contributed by atoms with E-state index in [9.17, 15) is 0 Å². The molecular weight excluding hydrogens is 200 g/mol. The van der Waals surface area contributed by atoms with Crippen LogP contribution in [0.15, 0.2) is 18.2 Å². The van der Waals surface area contributed by atoms with E-state index < -0.39 is 0 Å². The van der Waals surface area contributed by atoms with Crippen LogP contribution in [0.25, 0.3) is 5.69 Å². The lowest BCUT2D eigenvalue weighted by Crippen LogP contribution is -2.05. The first-order valence-electron chi connectivity index (χ1n) is 5.19. The molecule has 0 aliphatic heterocycles. The molecule has 1 aromatic heterocycles. The van der Waals surface area contributed by atoms with E-state index in [1.54, 1.807) is 4.68 Å². The van der Waals surface area contributed by atoms with E-state index in [2.05, 4.69) is 23.3 Å². The lowest BCUT2D eigenvalue weighted by Gasteiger charge is -2.08. The van der Waals surface area contributed by atoms with Gasteiger partial charge in [-0.05, 0) is 38.0 Å². The van der Waals surface area contributed by atoms with Crippen LogP contribution in [0.5, 0.6) is 0 Å². The fourth-order valence-corrected chi connectivity index (χ4v) is 1.69. The molecule has 0 unspecified atom stereocenters. The van der Waals surface area contributed by atoms with Crippen molar-refractivity contribution in [2.75, 3.05) is 11.5 Å². The third-order valence-electron chi connectivity index (χ3n) is 2.74. The van der Waals surface area contributed by atoms with E-state index >= 15 is 0 Å². The number of rotatable bonds is 1. The largest absolute Gasteiger partial charge is 0.394 e. The maximum Gasteiger partial charge on any atom is 0.150 e. The van der Waals surface area contributed by atoms with Gasteiger partial charge in [0.2, 0.25) is 0 Å². The lowest BCUT2D eigenvalue weighted by atomic mass is 10.1. The summed E-state index contributed by atoms with van der Waals surface area (Å²) in [7, 11) is 0. The summed E-state index contributed by atoms with van der Waals surface area (Å²) in [5.74, 6) is 0.506. The zero-order valence-corrected chi connectivity index (χ0v) is 9.78. The van der Waals surface area contributed by atoms with Gasteiger partial charge in [-0.3, -0.25) is 0 Å². The number of hydrogen-bond acceptors (Lipinski definition) is 3. The van der Waals surface area contributed by atoms with E-state index in [-0.39, 0.29) is 0 Å². The van der Waals surface area contributed by atoms with Crippen molar-refractivity contribution in [3.63, 3.8) is 0 Å². The average molecular weight is 216 g/mol. The number of hydrogen-bond donors (Lipinski definition) is 2. The summed E-state index contributed by atoms with van der Waals surface area (Å²) in [6, 6.07) is 6.17. The lowest BCUT2D eigenvalue weighted by molar-refractivity contribution is 0.864. The van der Waals surface area contributed by atoms with E-state index in [0.717, 1.165) is 16.9 Å². The molecule has 0 aliphatic carbocycles. The fourth-order valence-electron chi connectivity index (χ4n) is 1.69. The van der Waals surface area contributed by atoms with Crippen molar-refractivity contribution in [3.8, 4) is 5.69 Å². The van der Waals surface area contributed by atoms with E-state index in [4.69, 9.17) is 11.5 Å². The van der Waals surface area contributed by atoms with Crippen molar-refractivity contribution < 1.29 is 0 Å². The van der Waals surface area contributed by atoms with Crippen LogP contribution in [0.3, 0.4) is 0 Å². The highest BCUT2D eigenvalue weighted by atomic mass is 15.3. The van der Waals surface area contributed by atoms with Crippen LogP contribution >= 0.6 is 0 Å². The van der Waals surface area contributed by atoms with Crippen molar-refractivity contribution in [2.45, 2.75) is 20.8 Å². The number of benzene rings is 1. The van der Waals surface area contributed by atoms with Gasteiger partial charge in [-0.1, -0.05) is 12.1 Å². The molecule has 1 heterocycles. The average Bonchev–Trinajstić information content (AvgIpc) is 2.50. The van der Waals surface area contributed by atoms with Crippen molar-refractivity contribution in [1.29, 1.82) is 0 Å². The molecule has 0 saturated carbocycles. The molecule has 4 heteroatoms. The van der Waals surface area contributed by atoms with E-state index in [1.165, 1.54) is 5.56 Å². The van der Waals surface area contributed by atoms with Gasteiger partial charge in [0.25, 0.3) is 0 Å². The third kappa shape index (κ3) is 1.52. The Bertz CT molecular complexity index is 540. The van der Waals surface area contributed by atoms with Gasteiger partial charge in [-0.2, -0.15) is 5.10 Å². The van der Waals surface area contributed by atoms with Crippen LogP contribution in [-0.2, 0) is 0 Å². The molecule has 84 valence electrons. The molecule has 2 aromatic rings. The van der Waals surface area contributed by atoms with Crippen LogP contribution < -0.4 is 11.5 Å². The Morgan fingerprint density at radius 1 is 1.12 bits per heavy atom. The monoisotopic (exact) mass is 216 g/mol. The zero-order chi connectivity index (χ0) is 11.9. The Morgan fingerprint density at radius 3 is 2.38 bits per heavy atom. The molecule has 16 heavy (non-hydrogen) atoms. The maximum absolute atomic E-state index is 5.93.